The Kier molecular flexibility index (Phi) is 2.55. The quantitative estimate of drug-likeness (QED) is 0.901. The van der Waals surface area contributed by atoms with E-state index < -0.39 is 0 Å². The maximum Gasteiger partial charge on any atom is 0.244 e. The Morgan fingerprint density at radius 1 is 1.42 bits per heavy atom. The predicted octanol–water partition coefficient (Wildman–Crippen LogP) is 2.90. The molecule has 1 N–H and O–H groups in total. The molecule has 3 unspecified atom stereocenters. The highest BCUT2D eigenvalue weighted by molar-refractivity contribution is 7.07. The first kappa shape index (κ1) is 11.9. The van der Waals surface area contributed by atoms with E-state index in [1.54, 1.807) is 11.3 Å². The molecule has 0 aromatic carbocycles. The molecule has 3 atom stereocenters. The molecule has 1 aliphatic heterocycles. The normalized spacial score (nSPS) is 36.4. The Hall–Kier alpha value is -0.870. The van der Waals surface area contributed by atoms with Gasteiger partial charge in [-0.2, -0.15) is 11.3 Å². The zero-order chi connectivity index (χ0) is 13.0. The van der Waals surface area contributed by atoms with Gasteiger partial charge in [0.05, 0.1) is 0 Å². The van der Waals surface area contributed by atoms with E-state index >= 15 is 0 Å². The fraction of sp³-hybridized carbons (Fsp3) is 0.667. The van der Waals surface area contributed by atoms with E-state index in [4.69, 9.17) is 0 Å². The van der Waals surface area contributed by atoms with Crippen LogP contribution in [0.3, 0.4) is 0 Å². The van der Waals surface area contributed by atoms with Crippen molar-refractivity contribution in [2.24, 2.45) is 5.92 Å². The van der Waals surface area contributed by atoms with Crippen LogP contribution in [0.15, 0.2) is 16.8 Å². The van der Waals surface area contributed by atoms with E-state index in [1.807, 2.05) is 0 Å². The van der Waals surface area contributed by atoms with Crippen molar-refractivity contribution in [1.29, 1.82) is 0 Å². The van der Waals surface area contributed by atoms with Crippen molar-refractivity contribution in [3.63, 3.8) is 0 Å². The van der Waals surface area contributed by atoms with Gasteiger partial charge in [-0.25, -0.2) is 0 Å². The van der Waals surface area contributed by atoms with Crippen molar-refractivity contribution in [1.82, 2.24) is 10.2 Å². The molecule has 1 aromatic heterocycles. The van der Waals surface area contributed by atoms with Gasteiger partial charge in [0.25, 0.3) is 0 Å². The third-order valence-corrected chi connectivity index (χ3v) is 5.82. The number of nitrogens with one attached hydrogen (secondary N) is 1. The van der Waals surface area contributed by atoms with E-state index in [-0.39, 0.29) is 11.7 Å². The second kappa shape index (κ2) is 4.06. The van der Waals surface area contributed by atoms with Gasteiger partial charge in [0, 0.05) is 6.04 Å². The number of amides is 1. The van der Waals surface area contributed by atoms with Crippen LogP contribution in [0.1, 0.15) is 50.8 Å². The third kappa shape index (κ3) is 1.69. The highest BCUT2D eigenvalue weighted by Crippen LogP contribution is 2.49. The minimum atomic E-state index is -0.199. The maximum absolute atomic E-state index is 12.8. The van der Waals surface area contributed by atoms with Gasteiger partial charge >= 0.3 is 0 Å². The summed E-state index contributed by atoms with van der Waals surface area (Å²) in [5.41, 5.74) is 1.07. The fourth-order valence-electron chi connectivity index (χ4n) is 3.80. The summed E-state index contributed by atoms with van der Waals surface area (Å²) in [7, 11) is 0. The lowest BCUT2D eigenvalue weighted by molar-refractivity contribution is -0.133. The molecule has 1 spiro atoms. The summed E-state index contributed by atoms with van der Waals surface area (Å²) in [6.45, 7) is 2.30. The van der Waals surface area contributed by atoms with Crippen molar-refractivity contribution >= 4 is 17.2 Å². The molecular weight excluding hydrogens is 256 g/mol. The summed E-state index contributed by atoms with van der Waals surface area (Å²) in [6.07, 6.45) is 5.85. The van der Waals surface area contributed by atoms with Crippen LogP contribution in [-0.4, -0.2) is 22.4 Å². The van der Waals surface area contributed by atoms with Gasteiger partial charge in [-0.05, 0) is 54.0 Å². The van der Waals surface area contributed by atoms with E-state index in [9.17, 15) is 4.79 Å². The lowest BCUT2D eigenvalue weighted by atomic mass is 10.0. The second-order valence-corrected chi connectivity index (χ2v) is 7.15. The molecule has 1 amide bonds. The first-order valence-corrected chi connectivity index (χ1v) is 8.28. The molecule has 2 saturated carbocycles. The fourth-order valence-corrected chi connectivity index (χ4v) is 4.48. The number of carbonyl (C=O) groups excluding carboxylic acids is 1. The molecule has 3 nitrogen and oxygen atoms in total. The summed E-state index contributed by atoms with van der Waals surface area (Å²) < 4.78 is 0. The number of hydrogen-bond donors (Lipinski definition) is 1. The average molecular weight is 276 g/mol. The lowest BCUT2D eigenvalue weighted by Crippen LogP contribution is -2.41. The number of rotatable bonds is 2. The second-order valence-electron chi connectivity index (χ2n) is 6.37. The topological polar surface area (TPSA) is 32.3 Å². The molecule has 19 heavy (non-hydrogen) atoms. The van der Waals surface area contributed by atoms with E-state index in [0.29, 0.717) is 17.9 Å². The van der Waals surface area contributed by atoms with Crippen LogP contribution in [0.4, 0.5) is 0 Å². The Balaban J connectivity index is 1.70. The predicted molar refractivity (Wildman–Crippen MR) is 75.8 cm³/mol. The number of thiophene rings is 1. The van der Waals surface area contributed by atoms with Gasteiger partial charge in [-0.3, -0.25) is 10.1 Å². The molecule has 4 heteroatoms. The molecule has 1 aromatic rings. The highest BCUT2D eigenvalue weighted by Gasteiger charge is 2.61. The minimum Gasteiger partial charge on any atom is -0.318 e. The van der Waals surface area contributed by atoms with Gasteiger partial charge in [-0.15, -0.1) is 0 Å². The molecule has 3 fully saturated rings. The summed E-state index contributed by atoms with van der Waals surface area (Å²) >= 11 is 1.72. The Bertz CT molecular complexity index is 494. The van der Waals surface area contributed by atoms with Gasteiger partial charge < -0.3 is 4.90 Å². The summed E-state index contributed by atoms with van der Waals surface area (Å²) in [6, 6.07) is 2.59. The summed E-state index contributed by atoms with van der Waals surface area (Å²) in [4.78, 5) is 15.0. The van der Waals surface area contributed by atoms with Crippen molar-refractivity contribution in [3.05, 3.63) is 22.4 Å². The van der Waals surface area contributed by atoms with E-state index in [2.05, 4.69) is 34.0 Å². The average Bonchev–Trinajstić information content (AvgIpc) is 2.78. The molecule has 2 heterocycles. The first-order valence-electron chi connectivity index (χ1n) is 7.34. The standard InChI is InChI=1S/C15H20N2OS/c1-10-3-2-4-12(10)17-13(11-5-8-19-9-11)16-15(6-7-15)14(17)18/h5,8-10,12-13,16H,2-4,6-7H2,1H3. The van der Waals surface area contributed by atoms with Crippen LogP contribution in [0.2, 0.25) is 0 Å². The van der Waals surface area contributed by atoms with Crippen molar-refractivity contribution in [2.75, 3.05) is 0 Å². The van der Waals surface area contributed by atoms with Crippen LogP contribution in [0, 0.1) is 5.92 Å². The van der Waals surface area contributed by atoms with Crippen molar-refractivity contribution in [2.45, 2.75) is 56.8 Å². The minimum absolute atomic E-state index is 0.117. The molecule has 4 rings (SSSR count). The Morgan fingerprint density at radius 3 is 2.84 bits per heavy atom. The monoisotopic (exact) mass is 276 g/mol. The molecule has 2 aliphatic carbocycles. The maximum atomic E-state index is 12.8. The van der Waals surface area contributed by atoms with Gasteiger partial charge in [0.15, 0.2) is 0 Å². The van der Waals surface area contributed by atoms with Crippen LogP contribution in [0.5, 0.6) is 0 Å². The molecule has 1 saturated heterocycles. The number of hydrogen-bond acceptors (Lipinski definition) is 3. The van der Waals surface area contributed by atoms with E-state index in [1.165, 1.54) is 24.8 Å². The molecule has 3 aliphatic rings. The largest absolute Gasteiger partial charge is 0.318 e. The molecule has 102 valence electrons. The SMILES string of the molecule is CC1CCCC1N1C(=O)C2(CC2)NC1c1ccsc1. The summed E-state index contributed by atoms with van der Waals surface area (Å²) in [5.74, 6) is 1.00. The lowest BCUT2D eigenvalue weighted by Gasteiger charge is -2.32. The van der Waals surface area contributed by atoms with Crippen LogP contribution in [0.25, 0.3) is 0 Å². The zero-order valence-electron chi connectivity index (χ0n) is 11.3. The summed E-state index contributed by atoms with van der Waals surface area (Å²) in [5, 5.41) is 7.91. The van der Waals surface area contributed by atoms with Crippen LogP contribution in [-0.2, 0) is 4.79 Å². The molecule has 0 radical (unpaired) electrons. The van der Waals surface area contributed by atoms with Crippen LogP contribution >= 0.6 is 11.3 Å². The highest BCUT2D eigenvalue weighted by atomic mass is 32.1. The Labute approximate surface area is 118 Å². The third-order valence-electron chi connectivity index (χ3n) is 5.12. The van der Waals surface area contributed by atoms with Gasteiger partial charge in [0.2, 0.25) is 5.91 Å². The Morgan fingerprint density at radius 2 is 2.26 bits per heavy atom. The van der Waals surface area contributed by atoms with E-state index in [0.717, 1.165) is 12.8 Å². The molecule has 0 bridgehead atoms. The van der Waals surface area contributed by atoms with Crippen LogP contribution < -0.4 is 5.32 Å². The van der Waals surface area contributed by atoms with Crippen molar-refractivity contribution < 1.29 is 4.79 Å². The zero-order valence-corrected chi connectivity index (χ0v) is 12.1. The van der Waals surface area contributed by atoms with Gasteiger partial charge in [0.1, 0.15) is 11.7 Å². The van der Waals surface area contributed by atoms with Crippen molar-refractivity contribution in [3.8, 4) is 0 Å². The number of carbonyl (C=O) groups is 1. The van der Waals surface area contributed by atoms with Gasteiger partial charge in [-0.1, -0.05) is 13.3 Å². The first-order chi connectivity index (χ1) is 9.21. The molecular formula is C15H20N2OS. The smallest absolute Gasteiger partial charge is 0.244 e. The number of nitrogens with zero attached hydrogens (tertiary/aromatic N) is 1.